The average Bonchev–Trinajstić information content (AvgIpc) is 2.92. The number of nitrogens with zero attached hydrogens (tertiary/aromatic N) is 1. The molecule has 0 bridgehead atoms. The Bertz CT molecular complexity index is 867. The fourth-order valence-electron chi connectivity index (χ4n) is 2.12. The second kappa shape index (κ2) is 5.21. The lowest BCUT2D eigenvalue weighted by Crippen LogP contribution is -2.03. The van der Waals surface area contributed by atoms with Gasteiger partial charge in [0, 0.05) is 24.5 Å². The number of rotatable bonds is 4. The van der Waals surface area contributed by atoms with Crippen LogP contribution >= 0.6 is 0 Å². The second-order valence-corrected chi connectivity index (χ2v) is 6.87. The van der Waals surface area contributed by atoms with Crippen LogP contribution in [-0.4, -0.2) is 24.6 Å². The highest BCUT2D eigenvalue weighted by molar-refractivity contribution is 7.90. The molecule has 108 valence electrons. The van der Waals surface area contributed by atoms with Crippen molar-refractivity contribution >= 4 is 26.4 Å². The molecule has 3 rings (SSSR count). The lowest BCUT2D eigenvalue weighted by molar-refractivity contribution is 0.598. The highest BCUT2D eigenvalue weighted by atomic mass is 32.2. The Kier molecular flexibility index (Phi) is 3.39. The minimum Gasteiger partial charge on any atom is -0.380 e. The monoisotopic (exact) mass is 301 g/mol. The minimum atomic E-state index is -3.25. The second-order valence-electron chi connectivity index (χ2n) is 4.91. The van der Waals surface area contributed by atoms with E-state index in [1.807, 2.05) is 24.4 Å². The van der Waals surface area contributed by atoms with E-state index in [9.17, 15) is 8.42 Å². The van der Waals surface area contributed by atoms with Gasteiger partial charge in [-0.1, -0.05) is 6.07 Å². The van der Waals surface area contributed by atoms with Crippen molar-refractivity contribution in [2.24, 2.45) is 0 Å². The summed E-state index contributed by atoms with van der Waals surface area (Å²) in [7, 11) is -3.25. The van der Waals surface area contributed by atoms with Crippen molar-refractivity contribution in [3.8, 4) is 0 Å². The predicted octanol–water partition coefficient (Wildman–Crippen LogP) is 2.58. The zero-order valence-corrected chi connectivity index (χ0v) is 12.3. The summed E-state index contributed by atoms with van der Waals surface area (Å²) in [5, 5.41) is 4.48. The van der Waals surface area contributed by atoms with Gasteiger partial charge in [-0.25, -0.2) is 13.4 Å². The molecule has 0 unspecified atom stereocenters. The topological polar surface area (TPSA) is 74.8 Å². The van der Waals surface area contributed by atoms with Gasteiger partial charge in [0.1, 0.15) is 0 Å². The number of H-pyrrole nitrogens is 1. The summed E-state index contributed by atoms with van der Waals surface area (Å²) in [6.45, 7) is 0.654. The van der Waals surface area contributed by atoms with Gasteiger partial charge in [-0.05, 0) is 41.3 Å². The summed E-state index contributed by atoms with van der Waals surface area (Å²) in [5.74, 6) is 0. The van der Waals surface area contributed by atoms with Crippen molar-refractivity contribution in [3.63, 3.8) is 0 Å². The molecule has 0 aliphatic rings. The molecule has 0 atom stereocenters. The molecule has 0 radical (unpaired) electrons. The number of fused-ring (bicyclic) bond motifs is 1. The standard InChI is InChI=1S/C15H15N3O2S/c1-21(19,20)15-5-3-13(10-18-15)17-9-11-2-4-14-12(8-11)6-7-16-14/h2-8,10,16-17H,9H2,1H3. The molecular formula is C15H15N3O2S. The van der Waals surface area contributed by atoms with Gasteiger partial charge in [-0.2, -0.15) is 0 Å². The molecule has 1 aromatic carbocycles. The van der Waals surface area contributed by atoms with E-state index >= 15 is 0 Å². The quantitative estimate of drug-likeness (QED) is 0.776. The van der Waals surface area contributed by atoms with Crippen molar-refractivity contribution in [1.29, 1.82) is 0 Å². The molecule has 21 heavy (non-hydrogen) atoms. The van der Waals surface area contributed by atoms with Gasteiger partial charge in [0.2, 0.25) is 0 Å². The first-order chi connectivity index (χ1) is 10.0. The third-order valence-corrected chi connectivity index (χ3v) is 4.23. The van der Waals surface area contributed by atoms with Crippen LogP contribution < -0.4 is 5.32 Å². The van der Waals surface area contributed by atoms with Crippen LogP contribution in [0.15, 0.2) is 53.8 Å². The van der Waals surface area contributed by atoms with Crippen LogP contribution in [0.1, 0.15) is 5.56 Å². The maximum Gasteiger partial charge on any atom is 0.192 e. The molecule has 3 aromatic rings. The maximum atomic E-state index is 11.3. The summed E-state index contributed by atoms with van der Waals surface area (Å²) in [4.78, 5) is 7.10. The first-order valence-corrected chi connectivity index (χ1v) is 8.37. The van der Waals surface area contributed by atoms with E-state index < -0.39 is 9.84 Å². The molecule has 5 nitrogen and oxygen atoms in total. The SMILES string of the molecule is CS(=O)(=O)c1ccc(NCc2ccc3[nH]ccc3c2)cn1. The Labute approximate surface area is 123 Å². The van der Waals surface area contributed by atoms with Crippen LogP contribution in [-0.2, 0) is 16.4 Å². The number of benzene rings is 1. The van der Waals surface area contributed by atoms with E-state index in [-0.39, 0.29) is 5.03 Å². The number of hydrogen-bond donors (Lipinski definition) is 2. The van der Waals surface area contributed by atoms with Crippen molar-refractivity contribution in [1.82, 2.24) is 9.97 Å². The van der Waals surface area contributed by atoms with Crippen molar-refractivity contribution in [2.75, 3.05) is 11.6 Å². The van der Waals surface area contributed by atoms with E-state index in [1.54, 1.807) is 6.07 Å². The van der Waals surface area contributed by atoms with Gasteiger partial charge in [-0.15, -0.1) is 0 Å². The normalized spacial score (nSPS) is 11.7. The molecule has 6 heteroatoms. The van der Waals surface area contributed by atoms with Crippen LogP contribution in [0.4, 0.5) is 5.69 Å². The number of sulfone groups is 1. The number of aromatic amines is 1. The maximum absolute atomic E-state index is 11.3. The van der Waals surface area contributed by atoms with E-state index in [2.05, 4.69) is 21.4 Å². The van der Waals surface area contributed by atoms with Gasteiger partial charge >= 0.3 is 0 Å². The number of anilines is 1. The first kappa shape index (κ1) is 13.6. The molecule has 2 N–H and O–H groups in total. The molecule has 0 saturated carbocycles. The summed E-state index contributed by atoms with van der Waals surface area (Å²) in [5.41, 5.74) is 3.05. The Morgan fingerprint density at radius 1 is 1.19 bits per heavy atom. The van der Waals surface area contributed by atoms with E-state index in [0.29, 0.717) is 6.54 Å². The molecule has 0 fully saturated rings. The van der Waals surface area contributed by atoms with Crippen molar-refractivity contribution < 1.29 is 8.42 Å². The third kappa shape index (κ3) is 3.05. The Morgan fingerprint density at radius 2 is 2.05 bits per heavy atom. The van der Waals surface area contributed by atoms with Crippen LogP contribution in [0.2, 0.25) is 0 Å². The Balaban J connectivity index is 1.72. The predicted molar refractivity (Wildman–Crippen MR) is 83.0 cm³/mol. The highest BCUT2D eigenvalue weighted by Crippen LogP contribution is 2.16. The number of nitrogens with one attached hydrogen (secondary N) is 2. The van der Waals surface area contributed by atoms with E-state index in [0.717, 1.165) is 23.0 Å². The minimum absolute atomic E-state index is 0.0850. The van der Waals surface area contributed by atoms with Crippen LogP contribution in [0.5, 0.6) is 0 Å². The molecule has 0 spiro atoms. The number of pyridine rings is 1. The summed E-state index contributed by atoms with van der Waals surface area (Å²) < 4.78 is 22.7. The van der Waals surface area contributed by atoms with E-state index in [1.165, 1.54) is 17.6 Å². The van der Waals surface area contributed by atoms with Crippen LogP contribution in [0.3, 0.4) is 0 Å². The molecule has 0 aliphatic heterocycles. The molecule has 0 amide bonds. The molecule has 0 saturated heterocycles. The fourth-order valence-corrected chi connectivity index (χ4v) is 2.68. The van der Waals surface area contributed by atoms with Gasteiger partial charge < -0.3 is 10.3 Å². The highest BCUT2D eigenvalue weighted by Gasteiger charge is 2.07. The number of hydrogen-bond acceptors (Lipinski definition) is 4. The zero-order valence-electron chi connectivity index (χ0n) is 11.5. The van der Waals surface area contributed by atoms with Crippen LogP contribution in [0, 0.1) is 0 Å². The molecule has 2 aromatic heterocycles. The van der Waals surface area contributed by atoms with E-state index in [4.69, 9.17) is 0 Å². The van der Waals surface area contributed by atoms with Crippen molar-refractivity contribution in [3.05, 3.63) is 54.4 Å². The van der Waals surface area contributed by atoms with Gasteiger partial charge in [0.15, 0.2) is 14.9 Å². The Hall–Kier alpha value is -2.34. The zero-order chi connectivity index (χ0) is 14.9. The molecular weight excluding hydrogens is 286 g/mol. The van der Waals surface area contributed by atoms with Gasteiger partial charge in [-0.3, -0.25) is 0 Å². The molecule has 2 heterocycles. The number of aromatic nitrogens is 2. The summed E-state index contributed by atoms with van der Waals surface area (Å²) in [6.07, 6.45) is 4.59. The largest absolute Gasteiger partial charge is 0.380 e. The summed E-state index contributed by atoms with van der Waals surface area (Å²) >= 11 is 0. The molecule has 0 aliphatic carbocycles. The smallest absolute Gasteiger partial charge is 0.192 e. The Morgan fingerprint density at radius 3 is 2.76 bits per heavy atom. The lowest BCUT2D eigenvalue weighted by Gasteiger charge is -2.07. The van der Waals surface area contributed by atoms with Crippen LogP contribution in [0.25, 0.3) is 10.9 Å². The fraction of sp³-hybridized carbons (Fsp3) is 0.133. The first-order valence-electron chi connectivity index (χ1n) is 6.48. The lowest BCUT2D eigenvalue weighted by atomic mass is 10.1. The van der Waals surface area contributed by atoms with Gasteiger partial charge in [0.05, 0.1) is 11.9 Å². The van der Waals surface area contributed by atoms with Crippen molar-refractivity contribution in [2.45, 2.75) is 11.6 Å². The van der Waals surface area contributed by atoms with Gasteiger partial charge in [0.25, 0.3) is 0 Å². The average molecular weight is 301 g/mol. The third-order valence-electron chi connectivity index (χ3n) is 3.23. The summed E-state index contributed by atoms with van der Waals surface area (Å²) in [6, 6.07) is 11.4.